The van der Waals surface area contributed by atoms with Gasteiger partial charge >= 0.3 is 0 Å². The average Bonchev–Trinajstić information content (AvgIpc) is 3.46. The molecule has 0 bridgehead atoms. The van der Waals surface area contributed by atoms with Crippen molar-refractivity contribution in [3.8, 4) is 62.5 Å². The Labute approximate surface area is 271 Å². The number of hydrogen-bond donors (Lipinski definition) is 7. The van der Waals surface area contributed by atoms with E-state index in [1.54, 1.807) is 0 Å². The van der Waals surface area contributed by atoms with E-state index >= 15 is 0 Å². The molecule has 7 aromatic carbocycles. The highest BCUT2D eigenvalue weighted by atomic mass is 16.3. The number of phenolic OH excluding ortho intramolecular Hbond substituents is 7. The molecule has 0 saturated heterocycles. The van der Waals surface area contributed by atoms with E-state index in [9.17, 15) is 35.7 Å². The standard InChI is InChI=1S/C40H26O8/c41-34-31(35(42)36(43)33-32(34)37(44)39(46)40(47)38(33)45)30-23-11-5-3-9-21(23)29(22-10-4-6-12-24(22)30)20-13-14-27-25(16-20)26-15-18-7-1-2-8-19(18)17-28(26)48-27/h1-5,7-11,13-17,41-47H,6,12H2. The van der Waals surface area contributed by atoms with Gasteiger partial charge in [-0.2, -0.15) is 0 Å². The second kappa shape index (κ2) is 9.73. The number of allylic oxidation sites excluding steroid dienone is 1. The predicted molar refractivity (Wildman–Crippen MR) is 186 cm³/mol. The minimum Gasteiger partial charge on any atom is -0.506 e. The van der Waals surface area contributed by atoms with Gasteiger partial charge in [0.2, 0.25) is 11.5 Å². The number of phenols is 7. The van der Waals surface area contributed by atoms with Gasteiger partial charge in [-0.15, -0.1) is 0 Å². The normalized spacial score (nSPS) is 12.9. The minimum atomic E-state index is -1.10. The third kappa shape index (κ3) is 3.59. The van der Waals surface area contributed by atoms with Crippen molar-refractivity contribution in [1.29, 1.82) is 0 Å². The van der Waals surface area contributed by atoms with Gasteiger partial charge in [0.05, 0.1) is 16.3 Å². The maximum atomic E-state index is 11.7. The molecule has 0 spiro atoms. The van der Waals surface area contributed by atoms with Crippen LogP contribution in [0, 0.1) is 0 Å². The van der Waals surface area contributed by atoms with Crippen LogP contribution in [-0.2, 0) is 6.42 Å². The van der Waals surface area contributed by atoms with Gasteiger partial charge in [0.1, 0.15) is 16.9 Å². The fourth-order valence-electron chi connectivity index (χ4n) is 7.47. The fraction of sp³-hybridized carbons (Fsp3) is 0.0500. The number of fused-ring (bicyclic) bond motifs is 7. The smallest absolute Gasteiger partial charge is 0.205 e. The van der Waals surface area contributed by atoms with Crippen molar-refractivity contribution >= 4 is 60.3 Å². The van der Waals surface area contributed by atoms with E-state index in [1.807, 2.05) is 54.6 Å². The largest absolute Gasteiger partial charge is 0.506 e. The monoisotopic (exact) mass is 634 g/mol. The van der Waals surface area contributed by atoms with Crippen LogP contribution in [0.3, 0.4) is 0 Å². The van der Waals surface area contributed by atoms with Crippen LogP contribution in [-0.4, -0.2) is 35.7 Å². The molecule has 0 saturated carbocycles. The van der Waals surface area contributed by atoms with E-state index < -0.39 is 51.0 Å². The van der Waals surface area contributed by atoms with Crippen LogP contribution in [0.2, 0.25) is 0 Å². The maximum absolute atomic E-state index is 11.7. The number of rotatable bonds is 2. The molecule has 0 radical (unpaired) electrons. The highest BCUT2D eigenvalue weighted by molar-refractivity contribution is 6.18. The Kier molecular flexibility index (Phi) is 5.62. The molecule has 8 aromatic rings. The molecule has 7 N–H and O–H groups in total. The lowest BCUT2D eigenvalue weighted by Gasteiger charge is -2.25. The van der Waals surface area contributed by atoms with Crippen molar-refractivity contribution < 1.29 is 40.2 Å². The zero-order chi connectivity index (χ0) is 33.0. The van der Waals surface area contributed by atoms with E-state index in [0.29, 0.717) is 23.8 Å². The number of aromatic hydroxyl groups is 7. The molecular weight excluding hydrogens is 608 g/mol. The molecule has 1 aliphatic carbocycles. The van der Waals surface area contributed by atoms with Crippen LogP contribution < -0.4 is 0 Å². The molecule has 1 aliphatic rings. The SMILES string of the molecule is Oc1c(O)c(O)c2c(O)c(-c3c4c(c(-c5ccc6oc7cc8ccccc8cc7c6c5)c5ccccc35)C=CCC4)c(O)c(O)c2c1O. The Morgan fingerprint density at radius 2 is 1.08 bits per heavy atom. The second-order valence-electron chi connectivity index (χ2n) is 12.2. The van der Waals surface area contributed by atoms with E-state index in [0.717, 1.165) is 60.4 Å². The van der Waals surface area contributed by atoms with Crippen molar-refractivity contribution in [3.05, 3.63) is 96.1 Å². The molecule has 0 amide bonds. The summed E-state index contributed by atoms with van der Waals surface area (Å²) in [6.07, 6.45) is 5.26. The van der Waals surface area contributed by atoms with Gasteiger partial charge in [-0.25, -0.2) is 0 Å². The van der Waals surface area contributed by atoms with Crippen LogP contribution in [0.25, 0.3) is 82.6 Å². The third-order valence-electron chi connectivity index (χ3n) is 9.65. The third-order valence-corrected chi connectivity index (χ3v) is 9.65. The molecule has 234 valence electrons. The van der Waals surface area contributed by atoms with Crippen LogP contribution in [0.1, 0.15) is 17.5 Å². The number of furan rings is 1. The lowest BCUT2D eigenvalue weighted by atomic mass is 9.79. The zero-order valence-corrected chi connectivity index (χ0v) is 25.1. The Hall–Kier alpha value is -6.54. The lowest BCUT2D eigenvalue weighted by Crippen LogP contribution is -2.03. The summed E-state index contributed by atoms with van der Waals surface area (Å²) >= 11 is 0. The first kappa shape index (κ1) is 27.7. The van der Waals surface area contributed by atoms with Gasteiger partial charge < -0.3 is 40.2 Å². The molecule has 1 heterocycles. The molecule has 8 heteroatoms. The van der Waals surface area contributed by atoms with Crippen LogP contribution >= 0.6 is 0 Å². The first-order valence-electron chi connectivity index (χ1n) is 15.4. The van der Waals surface area contributed by atoms with E-state index in [2.05, 4.69) is 36.4 Å². The molecule has 8 nitrogen and oxygen atoms in total. The molecule has 48 heavy (non-hydrogen) atoms. The van der Waals surface area contributed by atoms with Crippen molar-refractivity contribution in [3.63, 3.8) is 0 Å². The highest BCUT2D eigenvalue weighted by Gasteiger charge is 2.32. The first-order chi connectivity index (χ1) is 23.2. The number of hydrogen-bond acceptors (Lipinski definition) is 8. The van der Waals surface area contributed by atoms with Gasteiger partial charge in [-0.3, -0.25) is 0 Å². The summed E-state index contributed by atoms with van der Waals surface area (Å²) < 4.78 is 6.27. The minimum absolute atomic E-state index is 0.183. The van der Waals surface area contributed by atoms with Crippen molar-refractivity contribution in [2.75, 3.05) is 0 Å². The summed E-state index contributed by atoms with van der Waals surface area (Å²) in [5.41, 5.74) is 5.29. The van der Waals surface area contributed by atoms with Crippen LogP contribution in [0.4, 0.5) is 0 Å². The molecule has 1 aromatic heterocycles. The second-order valence-corrected chi connectivity index (χ2v) is 12.2. The van der Waals surface area contributed by atoms with Crippen molar-refractivity contribution in [2.24, 2.45) is 0 Å². The van der Waals surface area contributed by atoms with Gasteiger partial charge in [0, 0.05) is 16.3 Å². The summed E-state index contributed by atoms with van der Waals surface area (Å²) in [5, 5.41) is 80.5. The van der Waals surface area contributed by atoms with E-state index in [4.69, 9.17) is 4.42 Å². The Bertz CT molecular complexity index is 2750. The summed E-state index contributed by atoms with van der Waals surface area (Å²) in [5.74, 6) is -6.46. The van der Waals surface area contributed by atoms with Gasteiger partial charge in [0.15, 0.2) is 23.0 Å². The summed E-state index contributed by atoms with van der Waals surface area (Å²) in [6, 6.07) is 26.0. The van der Waals surface area contributed by atoms with Crippen LogP contribution in [0.5, 0.6) is 40.2 Å². The maximum Gasteiger partial charge on any atom is 0.205 e. The molecule has 0 unspecified atom stereocenters. The van der Waals surface area contributed by atoms with Crippen LogP contribution in [0.15, 0.2) is 89.4 Å². The van der Waals surface area contributed by atoms with Crippen molar-refractivity contribution in [2.45, 2.75) is 12.8 Å². The fourth-order valence-corrected chi connectivity index (χ4v) is 7.47. The lowest BCUT2D eigenvalue weighted by molar-refractivity contribution is 0.347. The molecule has 0 aliphatic heterocycles. The topological polar surface area (TPSA) is 155 Å². The van der Waals surface area contributed by atoms with Crippen molar-refractivity contribution in [1.82, 2.24) is 0 Å². The molecular formula is C40H26O8. The zero-order valence-electron chi connectivity index (χ0n) is 25.1. The Morgan fingerprint density at radius 3 is 1.81 bits per heavy atom. The summed E-state index contributed by atoms with van der Waals surface area (Å²) in [6.45, 7) is 0. The predicted octanol–water partition coefficient (Wildman–Crippen LogP) is 9.28. The Balaban J connectivity index is 1.38. The highest BCUT2D eigenvalue weighted by Crippen LogP contribution is 2.61. The van der Waals surface area contributed by atoms with E-state index in [-0.39, 0.29) is 5.56 Å². The van der Waals surface area contributed by atoms with Gasteiger partial charge in [0.25, 0.3) is 0 Å². The number of benzene rings is 7. The van der Waals surface area contributed by atoms with E-state index in [1.165, 1.54) is 0 Å². The van der Waals surface area contributed by atoms with Gasteiger partial charge in [-0.05, 0) is 80.9 Å². The summed E-state index contributed by atoms with van der Waals surface area (Å²) in [4.78, 5) is 0. The molecule has 0 fully saturated rings. The molecule has 9 rings (SSSR count). The first-order valence-corrected chi connectivity index (χ1v) is 15.4. The molecule has 0 atom stereocenters. The quantitative estimate of drug-likeness (QED) is 0.0733. The Morgan fingerprint density at radius 1 is 0.479 bits per heavy atom. The van der Waals surface area contributed by atoms with Gasteiger partial charge in [-0.1, -0.05) is 66.7 Å². The summed E-state index contributed by atoms with van der Waals surface area (Å²) in [7, 11) is 0. The average molecular weight is 635 g/mol.